The lowest BCUT2D eigenvalue weighted by Crippen LogP contribution is -2.42. The molecule has 1 unspecified atom stereocenters. The highest BCUT2D eigenvalue weighted by atomic mass is 16.5. The van der Waals surface area contributed by atoms with E-state index in [1.54, 1.807) is 6.33 Å². The average Bonchev–Trinajstić information content (AvgIpc) is 2.98. The van der Waals surface area contributed by atoms with Gasteiger partial charge < -0.3 is 14.4 Å². The van der Waals surface area contributed by atoms with Crippen molar-refractivity contribution in [3.8, 4) is 5.75 Å². The number of ether oxygens (including phenoxy) is 1. The average molecular weight is 329 g/mol. The molecule has 6 heteroatoms. The summed E-state index contributed by atoms with van der Waals surface area (Å²) in [4.78, 5) is 17.5. The summed E-state index contributed by atoms with van der Waals surface area (Å²) in [6, 6.07) is 9.54. The predicted octanol–water partition coefficient (Wildman–Crippen LogP) is 3.20. The van der Waals surface area contributed by atoms with Gasteiger partial charge in [-0.2, -0.15) is 0 Å². The highest BCUT2D eigenvalue weighted by molar-refractivity contribution is 5.66. The van der Waals surface area contributed by atoms with E-state index in [0.717, 1.165) is 17.1 Å². The zero-order chi connectivity index (χ0) is 17.1. The number of amides is 1. The highest BCUT2D eigenvalue weighted by Gasteiger charge is 2.35. The van der Waals surface area contributed by atoms with Crippen LogP contribution in [0.5, 0.6) is 5.75 Å². The number of para-hydroxylation sites is 1. The van der Waals surface area contributed by atoms with Crippen molar-refractivity contribution in [3.63, 3.8) is 0 Å². The van der Waals surface area contributed by atoms with Gasteiger partial charge in [0.2, 0.25) is 0 Å². The van der Waals surface area contributed by atoms with E-state index in [1.807, 2.05) is 44.2 Å². The van der Waals surface area contributed by atoms with Gasteiger partial charge in [0.25, 0.3) is 0 Å². The van der Waals surface area contributed by atoms with Gasteiger partial charge in [-0.3, -0.25) is 4.90 Å². The van der Waals surface area contributed by atoms with Crippen LogP contribution < -0.4 is 4.74 Å². The second-order valence-electron chi connectivity index (χ2n) is 6.35. The standard InChI is InChI=1S/C18H23N3O3/c1-13(2)17-16-15(8-9-21(17)18(22)23)20(12-19-16)10-11-24-14-6-4-3-5-7-14/h3-7,12-13,17H,8-11H2,1-2H3,(H,22,23). The van der Waals surface area contributed by atoms with Crippen LogP contribution in [-0.2, 0) is 13.0 Å². The van der Waals surface area contributed by atoms with Crippen molar-refractivity contribution in [3.05, 3.63) is 48.0 Å². The Bertz CT molecular complexity index is 697. The SMILES string of the molecule is CC(C)C1c2ncn(CCOc3ccccc3)c2CCN1C(=O)O. The van der Waals surface area contributed by atoms with Crippen LogP contribution in [-0.4, -0.2) is 38.8 Å². The molecular weight excluding hydrogens is 306 g/mol. The first-order chi connectivity index (χ1) is 11.6. The van der Waals surface area contributed by atoms with E-state index in [4.69, 9.17) is 4.74 Å². The second kappa shape index (κ2) is 6.95. The minimum Gasteiger partial charge on any atom is -0.492 e. The summed E-state index contributed by atoms with van der Waals surface area (Å²) < 4.78 is 7.84. The molecule has 0 radical (unpaired) electrons. The van der Waals surface area contributed by atoms with Crippen molar-refractivity contribution >= 4 is 6.09 Å². The van der Waals surface area contributed by atoms with Gasteiger partial charge in [-0.1, -0.05) is 32.0 Å². The van der Waals surface area contributed by atoms with Crippen LogP contribution in [0.15, 0.2) is 36.7 Å². The number of hydrogen-bond donors (Lipinski definition) is 1. The summed E-state index contributed by atoms with van der Waals surface area (Å²) in [7, 11) is 0. The number of imidazole rings is 1. The number of rotatable bonds is 5. The summed E-state index contributed by atoms with van der Waals surface area (Å²) in [5.74, 6) is 1.03. The normalized spacial score (nSPS) is 17.0. The summed E-state index contributed by atoms with van der Waals surface area (Å²) in [5, 5.41) is 9.43. The number of nitrogens with zero attached hydrogens (tertiary/aromatic N) is 3. The van der Waals surface area contributed by atoms with E-state index in [1.165, 1.54) is 4.90 Å². The third-order valence-corrected chi connectivity index (χ3v) is 4.41. The van der Waals surface area contributed by atoms with Crippen LogP contribution in [0.25, 0.3) is 0 Å². The smallest absolute Gasteiger partial charge is 0.407 e. The number of benzene rings is 1. The number of aromatic nitrogens is 2. The fourth-order valence-electron chi connectivity index (χ4n) is 3.32. The van der Waals surface area contributed by atoms with Gasteiger partial charge >= 0.3 is 6.09 Å². The fourth-order valence-corrected chi connectivity index (χ4v) is 3.32. The van der Waals surface area contributed by atoms with Crippen LogP contribution >= 0.6 is 0 Å². The Labute approximate surface area is 141 Å². The molecule has 1 aromatic heterocycles. The van der Waals surface area contributed by atoms with Gasteiger partial charge in [0.1, 0.15) is 12.4 Å². The van der Waals surface area contributed by atoms with Crippen LogP contribution in [0.3, 0.4) is 0 Å². The van der Waals surface area contributed by atoms with Gasteiger partial charge in [-0.05, 0) is 18.1 Å². The Morgan fingerprint density at radius 2 is 2.12 bits per heavy atom. The van der Waals surface area contributed by atoms with Crippen molar-refractivity contribution in [1.29, 1.82) is 0 Å². The van der Waals surface area contributed by atoms with Crippen molar-refractivity contribution < 1.29 is 14.6 Å². The third-order valence-electron chi connectivity index (χ3n) is 4.41. The van der Waals surface area contributed by atoms with Gasteiger partial charge in [-0.15, -0.1) is 0 Å². The molecule has 0 saturated carbocycles. The van der Waals surface area contributed by atoms with Crippen molar-refractivity contribution in [1.82, 2.24) is 14.5 Å². The Kier molecular flexibility index (Phi) is 4.74. The number of fused-ring (bicyclic) bond motifs is 1. The Morgan fingerprint density at radius 3 is 2.79 bits per heavy atom. The number of carbonyl (C=O) groups is 1. The van der Waals surface area contributed by atoms with Gasteiger partial charge in [0, 0.05) is 18.7 Å². The highest BCUT2D eigenvalue weighted by Crippen LogP contribution is 2.34. The summed E-state index contributed by atoms with van der Waals surface area (Å²) in [6.45, 7) is 5.84. The van der Waals surface area contributed by atoms with Gasteiger partial charge in [0.05, 0.1) is 24.6 Å². The Balaban J connectivity index is 1.72. The summed E-state index contributed by atoms with van der Waals surface area (Å²) in [5.41, 5.74) is 2.02. The van der Waals surface area contributed by atoms with Crippen molar-refractivity contribution in [2.75, 3.05) is 13.2 Å². The van der Waals surface area contributed by atoms with Crippen LogP contribution in [0, 0.1) is 5.92 Å². The largest absolute Gasteiger partial charge is 0.492 e. The molecule has 1 N–H and O–H groups in total. The number of hydrogen-bond acceptors (Lipinski definition) is 3. The quantitative estimate of drug-likeness (QED) is 0.915. The second-order valence-corrected chi connectivity index (χ2v) is 6.35. The molecule has 0 saturated heterocycles. The van der Waals surface area contributed by atoms with E-state index in [-0.39, 0.29) is 12.0 Å². The first-order valence-corrected chi connectivity index (χ1v) is 8.29. The molecule has 1 aromatic carbocycles. The molecule has 6 nitrogen and oxygen atoms in total. The van der Waals surface area contributed by atoms with Gasteiger partial charge in [-0.25, -0.2) is 9.78 Å². The first kappa shape index (κ1) is 16.4. The molecule has 0 spiro atoms. The molecule has 0 aliphatic carbocycles. The van der Waals surface area contributed by atoms with E-state index in [0.29, 0.717) is 26.1 Å². The molecular formula is C18H23N3O3. The fraction of sp³-hybridized carbons (Fsp3) is 0.444. The molecule has 3 rings (SSSR count). The Morgan fingerprint density at radius 1 is 1.38 bits per heavy atom. The summed E-state index contributed by atoms with van der Waals surface area (Å²) >= 11 is 0. The minimum atomic E-state index is -0.874. The maximum Gasteiger partial charge on any atom is 0.407 e. The van der Waals surface area contributed by atoms with Gasteiger partial charge in [0.15, 0.2) is 0 Å². The molecule has 1 aliphatic rings. The molecule has 1 amide bonds. The lowest BCUT2D eigenvalue weighted by Gasteiger charge is -2.35. The lowest BCUT2D eigenvalue weighted by atomic mass is 9.93. The predicted molar refractivity (Wildman–Crippen MR) is 90.2 cm³/mol. The first-order valence-electron chi connectivity index (χ1n) is 8.29. The van der Waals surface area contributed by atoms with E-state index in [2.05, 4.69) is 9.55 Å². The molecule has 1 atom stereocenters. The Hall–Kier alpha value is -2.50. The zero-order valence-corrected chi connectivity index (χ0v) is 14.1. The molecule has 0 fully saturated rings. The molecule has 0 bridgehead atoms. The molecule has 1 aliphatic heterocycles. The van der Waals surface area contributed by atoms with E-state index >= 15 is 0 Å². The topological polar surface area (TPSA) is 67.6 Å². The van der Waals surface area contributed by atoms with Crippen molar-refractivity contribution in [2.24, 2.45) is 5.92 Å². The lowest BCUT2D eigenvalue weighted by molar-refractivity contribution is 0.102. The number of carboxylic acid groups (broad SMARTS) is 1. The molecule has 24 heavy (non-hydrogen) atoms. The molecule has 2 aromatic rings. The van der Waals surface area contributed by atoms with E-state index < -0.39 is 6.09 Å². The maximum atomic E-state index is 11.5. The maximum absolute atomic E-state index is 11.5. The molecule has 128 valence electrons. The van der Waals surface area contributed by atoms with Crippen LogP contribution in [0.1, 0.15) is 31.3 Å². The van der Waals surface area contributed by atoms with Crippen LogP contribution in [0.4, 0.5) is 4.79 Å². The molecule has 2 heterocycles. The van der Waals surface area contributed by atoms with E-state index in [9.17, 15) is 9.90 Å². The van der Waals surface area contributed by atoms with Crippen LogP contribution in [0.2, 0.25) is 0 Å². The summed E-state index contributed by atoms with van der Waals surface area (Å²) in [6.07, 6.45) is 1.62. The van der Waals surface area contributed by atoms with Crippen molar-refractivity contribution in [2.45, 2.75) is 32.9 Å². The third kappa shape index (κ3) is 3.22. The monoisotopic (exact) mass is 329 g/mol. The minimum absolute atomic E-state index is 0.178. The zero-order valence-electron chi connectivity index (χ0n) is 14.1.